The van der Waals surface area contributed by atoms with Crippen molar-refractivity contribution < 1.29 is 28.6 Å². The second kappa shape index (κ2) is 6.27. The summed E-state index contributed by atoms with van der Waals surface area (Å²) in [6.07, 6.45) is -0.189. The molecule has 1 aromatic carbocycles. The summed E-state index contributed by atoms with van der Waals surface area (Å²) in [5.74, 6) is -2.92. The van der Waals surface area contributed by atoms with Crippen molar-refractivity contribution in [2.75, 3.05) is 14.2 Å². The lowest BCUT2D eigenvalue weighted by Gasteiger charge is -2.07. The quantitative estimate of drug-likeness (QED) is 0.821. The molecule has 1 N–H and O–H groups in total. The molecule has 2 aromatic rings. The molecule has 0 amide bonds. The smallest absolute Gasteiger partial charge is 0.306 e. The lowest BCUT2D eigenvalue weighted by Crippen LogP contribution is -2.14. The molecule has 0 saturated heterocycles. The predicted octanol–water partition coefficient (Wildman–Crippen LogP) is 2.75. The second-order valence-electron chi connectivity index (χ2n) is 4.66. The number of carboxylic acids is 1. The molecule has 0 bridgehead atoms. The largest absolute Gasteiger partial charge is 0.493 e. The summed E-state index contributed by atoms with van der Waals surface area (Å²) in [6.45, 7) is 1.43. The van der Waals surface area contributed by atoms with Crippen molar-refractivity contribution in [2.45, 2.75) is 13.3 Å². The fourth-order valence-corrected chi connectivity index (χ4v) is 2.84. The molecule has 118 valence electrons. The van der Waals surface area contributed by atoms with Gasteiger partial charge in [-0.25, -0.2) is 9.37 Å². The number of methoxy groups -OCH3 is 2. The first-order valence-electron chi connectivity index (χ1n) is 6.36. The van der Waals surface area contributed by atoms with E-state index in [0.29, 0.717) is 4.70 Å². The molecule has 0 spiro atoms. The Bertz CT molecular complexity index is 742. The first kappa shape index (κ1) is 16.2. The number of ketones is 1. The van der Waals surface area contributed by atoms with Gasteiger partial charge in [-0.2, -0.15) is 0 Å². The Hall–Kier alpha value is -2.22. The van der Waals surface area contributed by atoms with E-state index >= 15 is 0 Å². The van der Waals surface area contributed by atoms with Crippen molar-refractivity contribution in [3.63, 3.8) is 0 Å². The molecule has 0 aliphatic heterocycles. The molecular weight excluding hydrogens is 313 g/mol. The van der Waals surface area contributed by atoms with Gasteiger partial charge in [0.2, 0.25) is 0 Å². The molecule has 1 heterocycles. The molecule has 6 nitrogen and oxygen atoms in total. The predicted molar refractivity (Wildman–Crippen MR) is 78.4 cm³/mol. The van der Waals surface area contributed by atoms with Gasteiger partial charge in [-0.3, -0.25) is 9.59 Å². The molecule has 1 unspecified atom stereocenters. The number of thiazole rings is 1. The Balaban J connectivity index is 2.44. The van der Waals surface area contributed by atoms with Crippen LogP contribution in [0.4, 0.5) is 4.39 Å². The number of carbonyl (C=O) groups excluding carboxylic acids is 1. The van der Waals surface area contributed by atoms with Crippen LogP contribution in [0.2, 0.25) is 0 Å². The minimum Gasteiger partial charge on any atom is -0.493 e. The SMILES string of the molecule is COc1cc2sc(C(=O)CC(C)C(=O)O)nc2c(F)c1OC. The van der Waals surface area contributed by atoms with Crippen LogP contribution in [-0.4, -0.2) is 36.1 Å². The van der Waals surface area contributed by atoms with Crippen LogP contribution in [0, 0.1) is 11.7 Å². The average Bonchev–Trinajstić information content (AvgIpc) is 2.91. The molecule has 0 aliphatic rings. The topological polar surface area (TPSA) is 85.7 Å². The Morgan fingerprint density at radius 1 is 1.41 bits per heavy atom. The van der Waals surface area contributed by atoms with Crippen molar-refractivity contribution in [3.05, 3.63) is 16.9 Å². The maximum absolute atomic E-state index is 14.3. The third-order valence-corrected chi connectivity index (χ3v) is 4.17. The summed E-state index contributed by atoms with van der Waals surface area (Å²) >= 11 is 0.993. The van der Waals surface area contributed by atoms with E-state index in [-0.39, 0.29) is 28.4 Å². The molecular formula is C14H14FNO5S. The van der Waals surface area contributed by atoms with Gasteiger partial charge in [0, 0.05) is 12.5 Å². The number of rotatable bonds is 6. The van der Waals surface area contributed by atoms with Gasteiger partial charge in [0.25, 0.3) is 0 Å². The Labute approximate surface area is 129 Å². The van der Waals surface area contributed by atoms with E-state index in [2.05, 4.69) is 4.98 Å². The number of carbonyl (C=O) groups is 2. The molecule has 0 radical (unpaired) electrons. The monoisotopic (exact) mass is 327 g/mol. The number of ether oxygens (including phenoxy) is 2. The number of aromatic nitrogens is 1. The summed E-state index contributed by atoms with van der Waals surface area (Å²) < 4.78 is 24.7. The average molecular weight is 327 g/mol. The number of halogens is 1. The van der Waals surface area contributed by atoms with Gasteiger partial charge in [0.15, 0.2) is 28.1 Å². The standard InChI is InChI=1S/C14H14FNO5S/c1-6(14(18)19)4-7(17)13-16-11-9(22-13)5-8(20-2)12(21-3)10(11)15/h5-6H,4H2,1-3H3,(H,18,19). The number of nitrogens with zero attached hydrogens (tertiary/aromatic N) is 1. The van der Waals surface area contributed by atoms with Gasteiger partial charge in [0.1, 0.15) is 5.52 Å². The lowest BCUT2D eigenvalue weighted by atomic mass is 10.1. The number of hydrogen-bond acceptors (Lipinski definition) is 6. The maximum Gasteiger partial charge on any atom is 0.306 e. The number of carboxylic acid groups (broad SMARTS) is 1. The minimum absolute atomic E-state index is 0.00831. The molecule has 8 heteroatoms. The molecule has 0 fully saturated rings. The summed E-state index contributed by atoms with van der Waals surface area (Å²) in [6, 6.07) is 1.53. The van der Waals surface area contributed by atoms with E-state index in [1.807, 2.05) is 0 Å². The van der Waals surface area contributed by atoms with Gasteiger partial charge in [0.05, 0.1) is 24.8 Å². The van der Waals surface area contributed by atoms with Crippen LogP contribution in [0.25, 0.3) is 10.2 Å². The van der Waals surface area contributed by atoms with Gasteiger partial charge < -0.3 is 14.6 Å². The van der Waals surface area contributed by atoms with Crippen LogP contribution in [0.1, 0.15) is 23.1 Å². The molecule has 1 atom stereocenters. The van der Waals surface area contributed by atoms with Gasteiger partial charge >= 0.3 is 5.97 Å². The van der Waals surface area contributed by atoms with E-state index < -0.39 is 23.5 Å². The number of aliphatic carboxylic acids is 1. The Morgan fingerprint density at radius 2 is 2.09 bits per heavy atom. The van der Waals surface area contributed by atoms with Crippen molar-refractivity contribution in [3.8, 4) is 11.5 Å². The zero-order valence-corrected chi connectivity index (χ0v) is 13.0. The minimum atomic E-state index is -1.07. The van der Waals surface area contributed by atoms with Crippen molar-refractivity contribution in [1.29, 1.82) is 0 Å². The van der Waals surface area contributed by atoms with Crippen LogP contribution >= 0.6 is 11.3 Å². The first-order chi connectivity index (χ1) is 10.4. The number of fused-ring (bicyclic) bond motifs is 1. The zero-order valence-electron chi connectivity index (χ0n) is 12.2. The highest BCUT2D eigenvalue weighted by molar-refractivity contribution is 7.20. The summed E-state index contributed by atoms with van der Waals surface area (Å²) in [7, 11) is 2.69. The van der Waals surface area contributed by atoms with Gasteiger partial charge in [-0.1, -0.05) is 6.92 Å². The summed E-state index contributed by atoms with van der Waals surface area (Å²) in [5.41, 5.74) is 0.00831. The van der Waals surface area contributed by atoms with Crippen LogP contribution in [0.5, 0.6) is 11.5 Å². The molecule has 22 heavy (non-hydrogen) atoms. The zero-order chi connectivity index (χ0) is 16.4. The van der Waals surface area contributed by atoms with E-state index in [1.54, 1.807) is 0 Å². The van der Waals surface area contributed by atoms with Crippen LogP contribution in [0.3, 0.4) is 0 Å². The number of benzene rings is 1. The van der Waals surface area contributed by atoms with E-state index in [0.717, 1.165) is 11.3 Å². The highest BCUT2D eigenvalue weighted by atomic mass is 32.1. The lowest BCUT2D eigenvalue weighted by molar-refractivity contribution is -0.141. The summed E-state index contributed by atoms with van der Waals surface area (Å²) in [5, 5.41) is 8.90. The third kappa shape index (κ3) is 2.87. The molecule has 0 aliphatic carbocycles. The molecule has 2 rings (SSSR count). The highest BCUT2D eigenvalue weighted by Crippen LogP contribution is 2.38. The molecule has 0 saturated carbocycles. The van der Waals surface area contributed by atoms with Gasteiger partial charge in [-0.05, 0) is 0 Å². The number of hydrogen-bond donors (Lipinski definition) is 1. The van der Waals surface area contributed by atoms with Crippen molar-refractivity contribution in [2.24, 2.45) is 5.92 Å². The maximum atomic E-state index is 14.3. The van der Waals surface area contributed by atoms with Gasteiger partial charge in [-0.15, -0.1) is 11.3 Å². The second-order valence-corrected chi connectivity index (χ2v) is 5.69. The van der Waals surface area contributed by atoms with Crippen molar-refractivity contribution in [1.82, 2.24) is 4.98 Å². The van der Waals surface area contributed by atoms with Crippen LogP contribution in [0.15, 0.2) is 6.07 Å². The third-order valence-electron chi connectivity index (χ3n) is 3.12. The molecule has 1 aromatic heterocycles. The number of Topliss-reactive ketones (excluding diaryl/α,β-unsaturated/α-hetero) is 1. The first-order valence-corrected chi connectivity index (χ1v) is 7.17. The van der Waals surface area contributed by atoms with E-state index in [1.165, 1.54) is 27.2 Å². The highest BCUT2D eigenvalue weighted by Gasteiger charge is 2.23. The normalized spacial score (nSPS) is 12.2. The summed E-state index contributed by atoms with van der Waals surface area (Å²) in [4.78, 5) is 26.8. The van der Waals surface area contributed by atoms with Crippen LogP contribution < -0.4 is 9.47 Å². The van der Waals surface area contributed by atoms with E-state index in [9.17, 15) is 14.0 Å². The van der Waals surface area contributed by atoms with Crippen LogP contribution in [-0.2, 0) is 4.79 Å². The Kier molecular flexibility index (Phi) is 4.60. The Morgan fingerprint density at radius 3 is 2.64 bits per heavy atom. The fraction of sp³-hybridized carbons (Fsp3) is 0.357. The fourth-order valence-electron chi connectivity index (χ4n) is 1.90. The van der Waals surface area contributed by atoms with E-state index in [4.69, 9.17) is 14.6 Å². The van der Waals surface area contributed by atoms with Crippen molar-refractivity contribution >= 4 is 33.3 Å².